The molecule has 1 N–H and O–H groups in total. The Labute approximate surface area is 202 Å². The van der Waals surface area contributed by atoms with Crippen molar-refractivity contribution in [2.45, 2.75) is 51.7 Å². The Kier molecular flexibility index (Phi) is 9.74. The van der Waals surface area contributed by atoms with Crippen LogP contribution >= 0.6 is 11.3 Å². The maximum absolute atomic E-state index is 13.4. The molecule has 7 heteroatoms. The molecule has 6 nitrogen and oxygen atoms in total. The Morgan fingerprint density at radius 1 is 1.27 bits per heavy atom. The van der Waals surface area contributed by atoms with Crippen LogP contribution in [0.25, 0.3) is 0 Å². The summed E-state index contributed by atoms with van der Waals surface area (Å²) in [6, 6.07) is 10.3. The minimum Gasteiger partial charge on any atom is -0.491 e. The van der Waals surface area contributed by atoms with Crippen molar-refractivity contribution >= 4 is 17.2 Å². The van der Waals surface area contributed by atoms with Gasteiger partial charge in [0.2, 0.25) is 5.91 Å². The highest BCUT2D eigenvalue weighted by Crippen LogP contribution is 2.34. The summed E-state index contributed by atoms with van der Waals surface area (Å²) in [5.74, 6) is 1.38. The van der Waals surface area contributed by atoms with Gasteiger partial charge >= 0.3 is 0 Å². The van der Waals surface area contributed by atoms with Gasteiger partial charge in [-0.25, -0.2) is 0 Å². The Balaban J connectivity index is 1.70. The van der Waals surface area contributed by atoms with E-state index in [1.807, 2.05) is 21.9 Å². The summed E-state index contributed by atoms with van der Waals surface area (Å²) in [5.41, 5.74) is 2.48. The lowest BCUT2D eigenvalue weighted by molar-refractivity contribution is -0.136. The van der Waals surface area contributed by atoms with Crippen LogP contribution in [0.2, 0.25) is 0 Å². The molecule has 1 aliphatic rings. The molecule has 2 atom stereocenters. The van der Waals surface area contributed by atoms with Crippen LogP contribution in [0, 0.1) is 0 Å². The van der Waals surface area contributed by atoms with E-state index in [0.29, 0.717) is 25.6 Å². The zero-order valence-electron chi connectivity index (χ0n) is 20.3. The molecule has 1 aliphatic heterocycles. The zero-order chi connectivity index (χ0) is 23.8. The van der Waals surface area contributed by atoms with E-state index in [4.69, 9.17) is 9.47 Å². The van der Waals surface area contributed by atoms with E-state index < -0.39 is 6.10 Å². The molecule has 2 aromatic rings. The van der Waals surface area contributed by atoms with Gasteiger partial charge in [0.15, 0.2) is 0 Å². The number of aliphatic hydroxyl groups excluding tert-OH is 1. The molecule has 0 spiro atoms. The monoisotopic (exact) mass is 474 g/mol. The third-order valence-electron chi connectivity index (χ3n) is 6.10. The van der Waals surface area contributed by atoms with Crippen molar-refractivity contribution in [3.63, 3.8) is 0 Å². The van der Waals surface area contributed by atoms with E-state index in [2.05, 4.69) is 44.4 Å². The molecular formula is C26H38N2O4S. The highest BCUT2D eigenvalue weighted by Gasteiger charge is 2.33. The number of fused-ring (bicyclic) bond motifs is 1. The van der Waals surface area contributed by atoms with Crippen LogP contribution in [-0.4, -0.2) is 73.4 Å². The van der Waals surface area contributed by atoms with Gasteiger partial charge in [0, 0.05) is 25.1 Å². The molecule has 0 fully saturated rings. The van der Waals surface area contributed by atoms with Crippen molar-refractivity contribution in [2.75, 3.05) is 46.5 Å². The number of hydrogen-bond donors (Lipinski definition) is 1. The number of aliphatic hydroxyl groups is 1. The summed E-state index contributed by atoms with van der Waals surface area (Å²) in [6.45, 7) is 9.28. The molecule has 0 radical (unpaired) electrons. The second-order valence-electron chi connectivity index (χ2n) is 9.03. The van der Waals surface area contributed by atoms with E-state index in [-0.39, 0.29) is 25.1 Å². The second kappa shape index (κ2) is 12.5. The average molecular weight is 475 g/mol. The van der Waals surface area contributed by atoms with Crippen molar-refractivity contribution in [2.24, 2.45) is 0 Å². The molecule has 1 amide bonds. The number of thiophene rings is 1. The van der Waals surface area contributed by atoms with Crippen LogP contribution in [0.3, 0.4) is 0 Å². The number of methoxy groups -OCH3 is 1. The number of ether oxygens (including phenoxy) is 2. The first-order valence-electron chi connectivity index (χ1n) is 11.9. The Morgan fingerprint density at radius 2 is 2.03 bits per heavy atom. The van der Waals surface area contributed by atoms with Crippen molar-refractivity contribution in [3.05, 3.63) is 51.7 Å². The van der Waals surface area contributed by atoms with Gasteiger partial charge in [-0.1, -0.05) is 32.9 Å². The maximum Gasteiger partial charge on any atom is 0.237 e. The highest BCUT2D eigenvalue weighted by molar-refractivity contribution is 7.10. The summed E-state index contributed by atoms with van der Waals surface area (Å²) in [5, 5.41) is 12.3. The first-order valence-corrected chi connectivity index (χ1v) is 12.8. The predicted molar refractivity (Wildman–Crippen MR) is 133 cm³/mol. The van der Waals surface area contributed by atoms with E-state index in [1.165, 1.54) is 16.0 Å². The Hall–Kier alpha value is -1.93. The van der Waals surface area contributed by atoms with Crippen LogP contribution < -0.4 is 4.74 Å². The molecule has 1 aromatic carbocycles. The molecule has 0 unspecified atom stereocenters. The van der Waals surface area contributed by atoms with Gasteiger partial charge in [-0.3, -0.25) is 9.69 Å². The smallest absolute Gasteiger partial charge is 0.237 e. The van der Waals surface area contributed by atoms with E-state index in [1.54, 1.807) is 18.4 Å². The zero-order valence-corrected chi connectivity index (χ0v) is 21.1. The fourth-order valence-electron chi connectivity index (χ4n) is 4.38. The van der Waals surface area contributed by atoms with Gasteiger partial charge < -0.3 is 19.5 Å². The summed E-state index contributed by atoms with van der Waals surface area (Å²) >= 11 is 1.75. The molecule has 1 aromatic heterocycles. The maximum atomic E-state index is 13.4. The van der Waals surface area contributed by atoms with Crippen molar-refractivity contribution < 1.29 is 19.4 Å². The lowest BCUT2D eigenvalue weighted by atomic mass is 10.00. The normalized spacial score (nSPS) is 16.8. The Morgan fingerprint density at radius 3 is 2.70 bits per heavy atom. The summed E-state index contributed by atoms with van der Waals surface area (Å²) < 4.78 is 11.2. The number of benzene rings is 1. The molecule has 0 saturated carbocycles. The van der Waals surface area contributed by atoms with Crippen LogP contribution in [0.5, 0.6) is 5.75 Å². The first kappa shape index (κ1) is 25.7. The SMILES string of the molecule is CCCN(CC(=O)N1CCc2sccc2[C@H]1COc1ccc(C(C)C)cc1)C[C@@H](O)COC. The first-order chi connectivity index (χ1) is 15.9. The quantitative estimate of drug-likeness (QED) is 0.502. The van der Waals surface area contributed by atoms with E-state index in [0.717, 1.165) is 25.1 Å². The predicted octanol–water partition coefficient (Wildman–Crippen LogP) is 4.10. The molecule has 0 aliphatic carbocycles. The van der Waals surface area contributed by atoms with Crippen molar-refractivity contribution in [1.82, 2.24) is 9.80 Å². The molecule has 182 valence electrons. The fourth-order valence-corrected chi connectivity index (χ4v) is 5.30. The van der Waals surface area contributed by atoms with Crippen molar-refractivity contribution in [1.29, 1.82) is 0 Å². The van der Waals surface area contributed by atoms with Gasteiger partial charge in [0.25, 0.3) is 0 Å². The minimum atomic E-state index is -0.605. The van der Waals surface area contributed by atoms with Crippen LogP contribution in [0.4, 0.5) is 0 Å². The number of nitrogens with zero attached hydrogens (tertiary/aromatic N) is 2. The lowest BCUT2D eigenvalue weighted by Crippen LogP contribution is -2.48. The van der Waals surface area contributed by atoms with Gasteiger partial charge in [-0.15, -0.1) is 11.3 Å². The molecule has 0 saturated heterocycles. The van der Waals surface area contributed by atoms with E-state index in [9.17, 15) is 9.90 Å². The Bertz CT molecular complexity index is 867. The van der Waals surface area contributed by atoms with Crippen molar-refractivity contribution in [3.8, 4) is 5.75 Å². The topological polar surface area (TPSA) is 62.2 Å². The number of hydrogen-bond acceptors (Lipinski definition) is 6. The average Bonchev–Trinajstić information content (AvgIpc) is 3.27. The van der Waals surface area contributed by atoms with Gasteiger partial charge in [-0.2, -0.15) is 0 Å². The number of carbonyl (C=O) groups is 1. The third kappa shape index (κ3) is 7.03. The summed E-state index contributed by atoms with van der Waals surface area (Å²) in [7, 11) is 1.58. The largest absolute Gasteiger partial charge is 0.491 e. The molecular weight excluding hydrogens is 436 g/mol. The number of rotatable bonds is 12. The molecule has 0 bridgehead atoms. The van der Waals surface area contributed by atoms with E-state index >= 15 is 0 Å². The number of amides is 1. The van der Waals surface area contributed by atoms with Crippen LogP contribution in [0.15, 0.2) is 35.7 Å². The van der Waals surface area contributed by atoms with Crippen LogP contribution in [0.1, 0.15) is 55.2 Å². The van der Waals surface area contributed by atoms with Gasteiger partial charge in [0.1, 0.15) is 12.4 Å². The molecule has 33 heavy (non-hydrogen) atoms. The standard InChI is InChI=1S/C26H38N2O4S/c1-5-12-27(15-21(29)17-31-4)16-26(30)28-13-10-25-23(11-14-33-25)24(28)18-32-22-8-6-20(7-9-22)19(2)3/h6-9,11,14,19,21,24,29H,5,10,12-13,15-18H2,1-4H3/t21-,24-/m1/s1. The fraction of sp³-hybridized carbons (Fsp3) is 0.577. The molecule has 2 heterocycles. The molecule has 3 rings (SSSR count). The highest BCUT2D eigenvalue weighted by atomic mass is 32.1. The minimum absolute atomic E-state index is 0.0775. The number of carbonyl (C=O) groups excluding carboxylic acids is 1. The van der Waals surface area contributed by atoms with Crippen LogP contribution in [-0.2, 0) is 16.0 Å². The summed E-state index contributed by atoms with van der Waals surface area (Å²) in [4.78, 5) is 18.7. The third-order valence-corrected chi connectivity index (χ3v) is 7.09. The van der Waals surface area contributed by atoms with Gasteiger partial charge in [0.05, 0.1) is 25.3 Å². The second-order valence-corrected chi connectivity index (χ2v) is 10.0. The summed E-state index contributed by atoms with van der Waals surface area (Å²) in [6.07, 6.45) is 1.19. The van der Waals surface area contributed by atoms with Gasteiger partial charge in [-0.05, 0) is 60.0 Å². The lowest BCUT2D eigenvalue weighted by Gasteiger charge is -2.37.